The normalized spacial score (nSPS) is 10.6. The molecule has 0 aliphatic rings. The zero-order valence-electron chi connectivity index (χ0n) is 14.9. The molecule has 1 amide bonds. The minimum absolute atomic E-state index is 0.146. The number of methoxy groups -OCH3 is 2. The highest BCUT2D eigenvalue weighted by Gasteiger charge is 2.04. The molecule has 0 saturated heterocycles. The molecule has 0 saturated carbocycles. The zero-order valence-corrected chi connectivity index (χ0v) is 14.9. The Balaban J connectivity index is 1.88. The van der Waals surface area contributed by atoms with Gasteiger partial charge in [-0.25, -0.2) is 5.43 Å². The summed E-state index contributed by atoms with van der Waals surface area (Å²) >= 11 is 0. The molecule has 2 aromatic carbocycles. The number of amides is 1. The van der Waals surface area contributed by atoms with Crippen LogP contribution in [0.3, 0.4) is 0 Å². The Hall–Kier alpha value is -3.02. The summed E-state index contributed by atoms with van der Waals surface area (Å²) in [5.74, 6) is 1.02. The van der Waals surface area contributed by atoms with Gasteiger partial charge < -0.3 is 14.8 Å². The van der Waals surface area contributed by atoms with E-state index in [9.17, 15) is 4.79 Å². The number of nitrogens with one attached hydrogen (secondary N) is 2. The number of hydrogen-bond donors (Lipinski definition) is 2. The first-order valence-electron chi connectivity index (χ1n) is 7.88. The number of nitrogens with zero attached hydrogens (tertiary/aromatic N) is 1. The average molecular weight is 341 g/mol. The predicted molar refractivity (Wildman–Crippen MR) is 99.7 cm³/mol. The Bertz CT molecular complexity index is 773. The van der Waals surface area contributed by atoms with E-state index in [-0.39, 0.29) is 12.5 Å². The van der Waals surface area contributed by atoms with Crippen LogP contribution in [0.1, 0.15) is 16.7 Å². The van der Waals surface area contributed by atoms with Gasteiger partial charge in [0.05, 0.1) is 27.0 Å². The van der Waals surface area contributed by atoms with Gasteiger partial charge in [-0.3, -0.25) is 4.79 Å². The first-order valence-corrected chi connectivity index (χ1v) is 7.88. The van der Waals surface area contributed by atoms with Crippen LogP contribution >= 0.6 is 0 Å². The van der Waals surface area contributed by atoms with Crippen molar-refractivity contribution in [1.29, 1.82) is 0 Å². The largest absolute Gasteiger partial charge is 0.493 e. The van der Waals surface area contributed by atoms with Crippen molar-refractivity contribution in [2.24, 2.45) is 5.10 Å². The van der Waals surface area contributed by atoms with Crippen LogP contribution in [-0.2, 0) is 4.79 Å². The van der Waals surface area contributed by atoms with Crippen molar-refractivity contribution < 1.29 is 14.3 Å². The topological polar surface area (TPSA) is 72.0 Å². The van der Waals surface area contributed by atoms with Crippen LogP contribution in [0.5, 0.6) is 11.5 Å². The molecule has 2 aromatic rings. The minimum Gasteiger partial charge on any atom is -0.493 e. The molecule has 0 heterocycles. The van der Waals surface area contributed by atoms with Crippen LogP contribution in [-0.4, -0.2) is 32.9 Å². The van der Waals surface area contributed by atoms with E-state index in [1.54, 1.807) is 32.6 Å². The maximum absolute atomic E-state index is 11.9. The molecule has 0 unspecified atom stereocenters. The number of benzene rings is 2. The standard InChI is InChI=1S/C19H23N3O3/c1-13-5-7-16(14(2)9-13)20-12-19(23)22-21-11-15-6-8-17(24-3)18(10-15)25-4/h5-11,20H,12H2,1-4H3,(H,22,23)/b21-11+. The van der Waals surface area contributed by atoms with Gasteiger partial charge in [-0.05, 0) is 49.2 Å². The third-order valence-corrected chi connectivity index (χ3v) is 3.63. The van der Waals surface area contributed by atoms with E-state index in [1.165, 1.54) is 5.56 Å². The zero-order chi connectivity index (χ0) is 18.2. The number of aryl methyl sites for hydroxylation is 2. The van der Waals surface area contributed by atoms with Crippen LogP contribution < -0.4 is 20.2 Å². The summed E-state index contributed by atoms with van der Waals surface area (Å²) in [5, 5.41) is 7.06. The van der Waals surface area contributed by atoms with E-state index in [0.717, 1.165) is 16.8 Å². The minimum atomic E-state index is -0.225. The van der Waals surface area contributed by atoms with Gasteiger partial charge in [0.2, 0.25) is 0 Å². The molecular formula is C19H23N3O3. The molecule has 0 aliphatic carbocycles. The second-order valence-electron chi connectivity index (χ2n) is 5.58. The highest BCUT2D eigenvalue weighted by molar-refractivity contribution is 5.85. The van der Waals surface area contributed by atoms with Gasteiger partial charge in [-0.1, -0.05) is 17.7 Å². The molecule has 25 heavy (non-hydrogen) atoms. The number of hydrazone groups is 1. The van der Waals surface area contributed by atoms with E-state index in [1.807, 2.05) is 32.0 Å². The highest BCUT2D eigenvalue weighted by Crippen LogP contribution is 2.26. The van der Waals surface area contributed by atoms with Crippen molar-refractivity contribution in [1.82, 2.24) is 5.43 Å². The SMILES string of the molecule is COc1ccc(/C=N/NC(=O)CNc2ccc(C)cc2C)cc1OC. The lowest BCUT2D eigenvalue weighted by atomic mass is 10.1. The fourth-order valence-electron chi connectivity index (χ4n) is 2.34. The molecule has 2 N–H and O–H groups in total. The lowest BCUT2D eigenvalue weighted by Gasteiger charge is -2.09. The second-order valence-corrected chi connectivity index (χ2v) is 5.58. The number of carbonyl (C=O) groups is 1. The summed E-state index contributed by atoms with van der Waals surface area (Å²) in [6.07, 6.45) is 1.55. The molecule has 132 valence electrons. The fraction of sp³-hybridized carbons (Fsp3) is 0.263. The van der Waals surface area contributed by atoms with Crippen molar-refractivity contribution >= 4 is 17.8 Å². The van der Waals surface area contributed by atoms with Crippen LogP contribution in [0.15, 0.2) is 41.5 Å². The first-order chi connectivity index (χ1) is 12.0. The van der Waals surface area contributed by atoms with Crippen molar-refractivity contribution in [2.75, 3.05) is 26.1 Å². The molecule has 0 aliphatic heterocycles. The molecule has 0 radical (unpaired) electrons. The van der Waals surface area contributed by atoms with E-state index in [4.69, 9.17) is 9.47 Å². The second kappa shape index (κ2) is 8.73. The van der Waals surface area contributed by atoms with E-state index in [0.29, 0.717) is 11.5 Å². The van der Waals surface area contributed by atoms with Crippen LogP contribution in [0.4, 0.5) is 5.69 Å². The molecule has 6 heteroatoms. The average Bonchev–Trinajstić information content (AvgIpc) is 2.60. The Kier molecular flexibility index (Phi) is 6.39. The summed E-state index contributed by atoms with van der Waals surface area (Å²) < 4.78 is 10.4. The lowest BCUT2D eigenvalue weighted by molar-refractivity contribution is -0.119. The van der Waals surface area contributed by atoms with Gasteiger partial charge in [-0.2, -0.15) is 5.10 Å². The highest BCUT2D eigenvalue weighted by atomic mass is 16.5. The van der Waals surface area contributed by atoms with Crippen molar-refractivity contribution in [3.05, 3.63) is 53.1 Å². The maximum Gasteiger partial charge on any atom is 0.259 e. The quantitative estimate of drug-likeness (QED) is 0.600. The Morgan fingerprint density at radius 3 is 2.52 bits per heavy atom. The van der Waals surface area contributed by atoms with Crippen LogP contribution in [0.2, 0.25) is 0 Å². The molecule has 0 aromatic heterocycles. The number of rotatable bonds is 7. The Morgan fingerprint density at radius 2 is 1.84 bits per heavy atom. The Labute approximate surface area is 147 Å². The Morgan fingerprint density at radius 1 is 1.08 bits per heavy atom. The van der Waals surface area contributed by atoms with Gasteiger partial charge in [0.25, 0.3) is 5.91 Å². The number of carbonyl (C=O) groups excluding carboxylic acids is 1. The molecular weight excluding hydrogens is 318 g/mol. The van der Waals surface area contributed by atoms with Gasteiger partial charge in [0.1, 0.15) is 0 Å². The molecule has 6 nitrogen and oxygen atoms in total. The van der Waals surface area contributed by atoms with Crippen LogP contribution in [0, 0.1) is 13.8 Å². The molecule has 2 rings (SSSR count). The first kappa shape index (κ1) is 18.3. The van der Waals surface area contributed by atoms with E-state index in [2.05, 4.69) is 21.9 Å². The van der Waals surface area contributed by atoms with E-state index < -0.39 is 0 Å². The predicted octanol–water partition coefficient (Wildman–Crippen LogP) is 2.88. The summed E-state index contributed by atoms with van der Waals surface area (Å²) in [4.78, 5) is 11.9. The smallest absolute Gasteiger partial charge is 0.259 e. The monoisotopic (exact) mass is 341 g/mol. The fourth-order valence-corrected chi connectivity index (χ4v) is 2.34. The third kappa shape index (κ3) is 5.24. The number of anilines is 1. The van der Waals surface area contributed by atoms with Crippen molar-refractivity contribution in [3.63, 3.8) is 0 Å². The number of ether oxygens (including phenoxy) is 2. The summed E-state index contributed by atoms with van der Waals surface area (Å²) in [7, 11) is 3.15. The van der Waals surface area contributed by atoms with Gasteiger partial charge in [0, 0.05) is 5.69 Å². The van der Waals surface area contributed by atoms with Crippen molar-refractivity contribution in [3.8, 4) is 11.5 Å². The van der Waals surface area contributed by atoms with Crippen LogP contribution in [0.25, 0.3) is 0 Å². The van der Waals surface area contributed by atoms with Gasteiger partial charge in [-0.15, -0.1) is 0 Å². The van der Waals surface area contributed by atoms with Crippen molar-refractivity contribution in [2.45, 2.75) is 13.8 Å². The molecule has 0 atom stereocenters. The summed E-state index contributed by atoms with van der Waals surface area (Å²) in [6.45, 7) is 4.18. The third-order valence-electron chi connectivity index (χ3n) is 3.63. The van der Waals surface area contributed by atoms with Gasteiger partial charge >= 0.3 is 0 Å². The molecule has 0 fully saturated rings. The summed E-state index contributed by atoms with van der Waals surface area (Å²) in [6, 6.07) is 11.4. The van der Waals surface area contributed by atoms with Gasteiger partial charge in [0.15, 0.2) is 11.5 Å². The summed E-state index contributed by atoms with van der Waals surface area (Å²) in [5.41, 5.74) is 6.51. The maximum atomic E-state index is 11.9. The molecule has 0 bridgehead atoms. The number of hydrogen-bond acceptors (Lipinski definition) is 5. The molecule has 0 spiro atoms. The lowest BCUT2D eigenvalue weighted by Crippen LogP contribution is -2.26. The van der Waals surface area contributed by atoms with E-state index >= 15 is 0 Å².